The summed E-state index contributed by atoms with van der Waals surface area (Å²) in [6, 6.07) is 3.40. The second-order valence-corrected chi connectivity index (χ2v) is 5.11. The van der Waals surface area contributed by atoms with Crippen molar-refractivity contribution in [3.8, 4) is 0 Å². The molecule has 1 aromatic rings. The minimum Gasteiger partial charge on any atom is -0.272 e. The van der Waals surface area contributed by atoms with Crippen LogP contribution in [0.2, 0.25) is 0 Å². The summed E-state index contributed by atoms with van der Waals surface area (Å²) in [6.45, 7) is 7.94. The SMILES string of the molecule is C/C(=N/Nc1ccc([N+](=O)[O-])cc1[N+](=O)[O-])[C@H](C)C(C)C. The Bertz CT molecular complexity index is 584. The van der Waals surface area contributed by atoms with E-state index in [9.17, 15) is 20.2 Å². The average molecular weight is 294 g/mol. The first kappa shape index (κ1) is 16.5. The summed E-state index contributed by atoms with van der Waals surface area (Å²) in [5.41, 5.74) is 2.84. The molecule has 1 N–H and O–H groups in total. The first-order valence-corrected chi connectivity index (χ1v) is 6.47. The molecule has 1 atom stereocenters. The topological polar surface area (TPSA) is 111 Å². The van der Waals surface area contributed by atoms with Crippen LogP contribution < -0.4 is 5.43 Å². The Kier molecular flexibility index (Phi) is 5.34. The Labute approximate surface area is 122 Å². The predicted molar refractivity (Wildman–Crippen MR) is 80.5 cm³/mol. The van der Waals surface area contributed by atoms with Crippen molar-refractivity contribution in [3.63, 3.8) is 0 Å². The van der Waals surface area contributed by atoms with Gasteiger partial charge >= 0.3 is 5.69 Å². The molecule has 0 saturated heterocycles. The highest BCUT2D eigenvalue weighted by Gasteiger charge is 2.19. The normalized spacial score (nSPS) is 13.1. The third-order valence-corrected chi connectivity index (χ3v) is 3.40. The molecule has 0 fully saturated rings. The molecule has 0 aliphatic carbocycles. The number of nitrogens with one attached hydrogen (secondary N) is 1. The number of anilines is 1. The molecule has 0 heterocycles. The number of benzene rings is 1. The molecule has 0 saturated carbocycles. The van der Waals surface area contributed by atoms with Crippen molar-refractivity contribution in [2.45, 2.75) is 27.7 Å². The zero-order valence-corrected chi connectivity index (χ0v) is 12.4. The Morgan fingerprint density at radius 3 is 2.29 bits per heavy atom. The van der Waals surface area contributed by atoms with E-state index in [1.807, 2.05) is 13.8 Å². The summed E-state index contributed by atoms with van der Waals surface area (Å²) in [5.74, 6) is 0.608. The molecule has 0 bridgehead atoms. The van der Waals surface area contributed by atoms with Crippen molar-refractivity contribution >= 4 is 22.8 Å². The molecule has 21 heavy (non-hydrogen) atoms. The lowest BCUT2D eigenvalue weighted by Crippen LogP contribution is -2.15. The number of hydrazone groups is 1. The van der Waals surface area contributed by atoms with Crippen LogP contribution in [0.15, 0.2) is 23.3 Å². The summed E-state index contributed by atoms with van der Waals surface area (Å²) in [5, 5.41) is 25.8. The summed E-state index contributed by atoms with van der Waals surface area (Å²) in [4.78, 5) is 20.3. The minimum atomic E-state index is -0.675. The van der Waals surface area contributed by atoms with Gasteiger partial charge in [-0.3, -0.25) is 25.7 Å². The van der Waals surface area contributed by atoms with Gasteiger partial charge < -0.3 is 0 Å². The number of hydrogen-bond acceptors (Lipinski definition) is 6. The van der Waals surface area contributed by atoms with Gasteiger partial charge in [-0.1, -0.05) is 20.8 Å². The fraction of sp³-hybridized carbons (Fsp3) is 0.462. The van der Waals surface area contributed by atoms with Crippen molar-refractivity contribution in [2.24, 2.45) is 16.9 Å². The van der Waals surface area contributed by atoms with Crippen molar-refractivity contribution in [3.05, 3.63) is 38.4 Å². The Balaban J connectivity index is 3.06. The molecular formula is C13H18N4O4. The fourth-order valence-corrected chi connectivity index (χ4v) is 1.61. The molecule has 0 aromatic heterocycles. The summed E-state index contributed by atoms with van der Waals surface area (Å²) < 4.78 is 0. The second kappa shape index (κ2) is 6.78. The van der Waals surface area contributed by atoms with Gasteiger partial charge in [-0.05, 0) is 24.8 Å². The lowest BCUT2D eigenvalue weighted by molar-refractivity contribution is -0.393. The standard InChI is InChI=1S/C13H18N4O4/c1-8(2)9(3)10(4)14-15-12-6-5-11(16(18)19)7-13(12)17(20)21/h5-9,15H,1-4H3/b14-10-/t9-/m1/s1. The summed E-state index contributed by atoms with van der Waals surface area (Å²) in [6.07, 6.45) is 0. The van der Waals surface area contributed by atoms with Crippen LogP contribution >= 0.6 is 0 Å². The van der Waals surface area contributed by atoms with E-state index in [1.54, 1.807) is 0 Å². The molecule has 8 nitrogen and oxygen atoms in total. The number of hydrogen-bond donors (Lipinski definition) is 1. The number of rotatable bonds is 6. The molecule has 114 valence electrons. The van der Waals surface area contributed by atoms with Crippen molar-refractivity contribution < 1.29 is 9.85 Å². The van der Waals surface area contributed by atoms with Crippen LogP contribution in [0.4, 0.5) is 17.1 Å². The maximum absolute atomic E-state index is 11.0. The van der Waals surface area contributed by atoms with Crippen molar-refractivity contribution in [1.82, 2.24) is 0 Å². The van der Waals surface area contributed by atoms with E-state index in [-0.39, 0.29) is 23.0 Å². The zero-order chi connectivity index (χ0) is 16.2. The van der Waals surface area contributed by atoms with Gasteiger partial charge in [-0.2, -0.15) is 5.10 Å². The lowest BCUT2D eigenvalue weighted by atomic mass is 9.94. The number of non-ortho nitro benzene ring substituents is 1. The number of nitrogens with zero attached hydrogens (tertiary/aromatic N) is 3. The molecule has 1 aromatic carbocycles. The van der Waals surface area contributed by atoms with Crippen LogP contribution in [0.25, 0.3) is 0 Å². The quantitative estimate of drug-likeness (QED) is 0.489. The highest BCUT2D eigenvalue weighted by Crippen LogP contribution is 2.29. The molecule has 0 spiro atoms. The minimum absolute atomic E-state index is 0.126. The zero-order valence-electron chi connectivity index (χ0n) is 12.4. The maximum Gasteiger partial charge on any atom is 0.301 e. The highest BCUT2D eigenvalue weighted by atomic mass is 16.6. The largest absolute Gasteiger partial charge is 0.301 e. The third-order valence-electron chi connectivity index (χ3n) is 3.40. The van der Waals surface area contributed by atoms with E-state index in [2.05, 4.69) is 24.4 Å². The van der Waals surface area contributed by atoms with Crippen LogP contribution in [0.5, 0.6) is 0 Å². The van der Waals surface area contributed by atoms with Gasteiger partial charge in [0.05, 0.1) is 15.9 Å². The predicted octanol–water partition coefficient (Wildman–Crippen LogP) is 3.58. The van der Waals surface area contributed by atoms with Crippen LogP contribution in [-0.2, 0) is 0 Å². The fourth-order valence-electron chi connectivity index (χ4n) is 1.61. The second-order valence-electron chi connectivity index (χ2n) is 5.11. The summed E-state index contributed by atoms with van der Waals surface area (Å²) >= 11 is 0. The van der Waals surface area contributed by atoms with E-state index in [0.29, 0.717) is 5.92 Å². The van der Waals surface area contributed by atoms with Crippen LogP contribution in [-0.4, -0.2) is 15.6 Å². The maximum atomic E-state index is 11.0. The van der Waals surface area contributed by atoms with E-state index >= 15 is 0 Å². The Morgan fingerprint density at radius 1 is 1.19 bits per heavy atom. The molecular weight excluding hydrogens is 276 g/mol. The van der Waals surface area contributed by atoms with Gasteiger partial charge in [0.25, 0.3) is 5.69 Å². The molecule has 0 aliphatic heterocycles. The van der Waals surface area contributed by atoms with Crippen molar-refractivity contribution in [2.75, 3.05) is 5.43 Å². The smallest absolute Gasteiger partial charge is 0.272 e. The summed E-state index contributed by atoms with van der Waals surface area (Å²) in [7, 11) is 0. The molecule has 0 aliphatic rings. The van der Waals surface area contributed by atoms with Gasteiger partial charge in [0.15, 0.2) is 0 Å². The van der Waals surface area contributed by atoms with Gasteiger partial charge in [0, 0.05) is 11.8 Å². The molecule has 0 radical (unpaired) electrons. The van der Waals surface area contributed by atoms with Gasteiger partial charge in [-0.25, -0.2) is 0 Å². The first-order chi connectivity index (χ1) is 9.73. The van der Waals surface area contributed by atoms with E-state index in [1.165, 1.54) is 12.1 Å². The van der Waals surface area contributed by atoms with Crippen LogP contribution in [0.1, 0.15) is 27.7 Å². The first-order valence-electron chi connectivity index (χ1n) is 6.47. The highest BCUT2D eigenvalue weighted by molar-refractivity contribution is 5.85. The monoisotopic (exact) mass is 294 g/mol. The van der Waals surface area contributed by atoms with Gasteiger partial charge in [0.1, 0.15) is 5.69 Å². The van der Waals surface area contributed by atoms with E-state index in [0.717, 1.165) is 11.8 Å². The van der Waals surface area contributed by atoms with Crippen LogP contribution in [0, 0.1) is 32.1 Å². The Morgan fingerprint density at radius 2 is 1.81 bits per heavy atom. The van der Waals surface area contributed by atoms with Gasteiger partial charge in [-0.15, -0.1) is 0 Å². The molecule has 0 unspecified atom stereocenters. The molecule has 0 amide bonds. The molecule has 1 rings (SSSR count). The van der Waals surface area contributed by atoms with Crippen LogP contribution in [0.3, 0.4) is 0 Å². The van der Waals surface area contributed by atoms with Crippen molar-refractivity contribution in [1.29, 1.82) is 0 Å². The van der Waals surface area contributed by atoms with Gasteiger partial charge in [0.2, 0.25) is 0 Å². The number of nitro groups is 2. The molecule has 8 heteroatoms. The van der Waals surface area contributed by atoms with E-state index in [4.69, 9.17) is 0 Å². The number of nitro benzene ring substituents is 2. The lowest BCUT2D eigenvalue weighted by Gasteiger charge is -2.15. The average Bonchev–Trinajstić information content (AvgIpc) is 2.43. The third kappa shape index (κ3) is 4.23. The Hall–Kier alpha value is -2.51. The van der Waals surface area contributed by atoms with E-state index < -0.39 is 9.85 Å².